The maximum atomic E-state index is 12.6. The number of piperidine rings is 2. The monoisotopic (exact) mass is 363 g/mol. The first kappa shape index (κ1) is 18.7. The van der Waals surface area contributed by atoms with E-state index < -0.39 is 0 Å². The number of aromatic nitrogens is 2. The molecule has 0 bridgehead atoms. The largest absolute Gasteiger partial charge is 0.342 e. The Morgan fingerprint density at radius 3 is 2.50 bits per heavy atom. The molecule has 8 nitrogen and oxygen atoms in total. The summed E-state index contributed by atoms with van der Waals surface area (Å²) in [6, 6.07) is 0.101. The minimum Gasteiger partial charge on any atom is -0.342 e. The minimum absolute atomic E-state index is 0.0276. The lowest BCUT2D eigenvalue weighted by Crippen LogP contribution is -2.52. The maximum absolute atomic E-state index is 12.6. The molecule has 0 spiro atoms. The maximum Gasteiger partial charge on any atom is 0.317 e. The fraction of sp³-hybridized carbons (Fsp3) is 0.778. The molecule has 1 unspecified atom stereocenters. The molecule has 2 saturated heterocycles. The van der Waals surface area contributed by atoms with Crippen molar-refractivity contribution in [2.75, 3.05) is 26.2 Å². The van der Waals surface area contributed by atoms with Crippen molar-refractivity contribution < 1.29 is 14.1 Å². The van der Waals surface area contributed by atoms with Crippen LogP contribution >= 0.6 is 0 Å². The summed E-state index contributed by atoms with van der Waals surface area (Å²) in [6.07, 6.45) is 3.51. The van der Waals surface area contributed by atoms with Gasteiger partial charge in [0.25, 0.3) is 0 Å². The summed E-state index contributed by atoms with van der Waals surface area (Å²) in [6.45, 7) is 8.44. The molecule has 1 atom stereocenters. The zero-order valence-corrected chi connectivity index (χ0v) is 15.9. The van der Waals surface area contributed by atoms with Gasteiger partial charge in [-0.2, -0.15) is 4.98 Å². The molecule has 26 heavy (non-hydrogen) atoms. The molecule has 1 aromatic heterocycles. The van der Waals surface area contributed by atoms with Gasteiger partial charge in [-0.25, -0.2) is 4.79 Å². The molecule has 2 fully saturated rings. The van der Waals surface area contributed by atoms with Gasteiger partial charge in [0, 0.05) is 38.1 Å². The van der Waals surface area contributed by atoms with Crippen molar-refractivity contribution in [1.82, 2.24) is 25.3 Å². The lowest BCUT2D eigenvalue weighted by molar-refractivity contribution is -0.135. The smallest absolute Gasteiger partial charge is 0.317 e. The zero-order chi connectivity index (χ0) is 18.7. The SMILES string of the molecule is Cc1noc(C2CCCN(C(=O)NC3CCN(C(=O)C(C)C)CC3)C2)n1. The summed E-state index contributed by atoms with van der Waals surface area (Å²) in [5.41, 5.74) is 0. The van der Waals surface area contributed by atoms with Crippen molar-refractivity contribution in [3.05, 3.63) is 11.7 Å². The molecular weight excluding hydrogens is 334 g/mol. The average molecular weight is 363 g/mol. The minimum atomic E-state index is -0.0282. The Morgan fingerprint density at radius 2 is 1.88 bits per heavy atom. The van der Waals surface area contributed by atoms with Gasteiger partial charge in [-0.15, -0.1) is 0 Å². The van der Waals surface area contributed by atoms with Crippen molar-refractivity contribution in [2.24, 2.45) is 5.92 Å². The summed E-state index contributed by atoms with van der Waals surface area (Å²) < 4.78 is 5.28. The van der Waals surface area contributed by atoms with Gasteiger partial charge in [-0.3, -0.25) is 4.79 Å². The zero-order valence-electron chi connectivity index (χ0n) is 15.9. The summed E-state index contributed by atoms with van der Waals surface area (Å²) >= 11 is 0. The number of carbonyl (C=O) groups is 2. The highest BCUT2D eigenvalue weighted by Crippen LogP contribution is 2.26. The number of urea groups is 1. The lowest BCUT2D eigenvalue weighted by Gasteiger charge is -2.36. The number of nitrogens with zero attached hydrogens (tertiary/aromatic N) is 4. The molecule has 2 aliphatic heterocycles. The molecular formula is C18H29N5O3. The van der Waals surface area contributed by atoms with Crippen LogP contribution in [0.1, 0.15) is 57.2 Å². The summed E-state index contributed by atoms with van der Waals surface area (Å²) in [4.78, 5) is 32.8. The molecule has 0 aromatic carbocycles. The van der Waals surface area contributed by atoms with Gasteiger partial charge in [-0.1, -0.05) is 19.0 Å². The van der Waals surface area contributed by atoms with Crippen molar-refractivity contribution in [3.8, 4) is 0 Å². The number of nitrogens with one attached hydrogen (secondary N) is 1. The van der Waals surface area contributed by atoms with Gasteiger partial charge in [0.1, 0.15) is 0 Å². The van der Waals surface area contributed by atoms with E-state index in [0.717, 1.165) is 32.2 Å². The van der Waals surface area contributed by atoms with Crippen molar-refractivity contribution in [1.29, 1.82) is 0 Å². The second-order valence-corrected chi connectivity index (χ2v) is 7.67. The molecule has 0 radical (unpaired) electrons. The number of rotatable bonds is 3. The van der Waals surface area contributed by atoms with Crippen LogP contribution in [0.2, 0.25) is 0 Å². The summed E-state index contributed by atoms with van der Waals surface area (Å²) in [5, 5.41) is 6.99. The Labute approximate surface area is 154 Å². The van der Waals surface area contributed by atoms with Crippen LogP contribution in [0.15, 0.2) is 4.52 Å². The predicted octanol–water partition coefficient (Wildman–Crippen LogP) is 1.91. The molecule has 2 aliphatic rings. The van der Waals surface area contributed by atoms with Crippen molar-refractivity contribution in [2.45, 2.75) is 58.4 Å². The van der Waals surface area contributed by atoms with Gasteiger partial charge in [-0.05, 0) is 32.6 Å². The van der Waals surface area contributed by atoms with Crippen LogP contribution < -0.4 is 5.32 Å². The van der Waals surface area contributed by atoms with Crippen LogP contribution in [0.4, 0.5) is 4.79 Å². The fourth-order valence-corrected chi connectivity index (χ4v) is 3.72. The van der Waals surface area contributed by atoms with E-state index in [1.807, 2.05) is 23.6 Å². The van der Waals surface area contributed by atoms with E-state index in [0.29, 0.717) is 31.3 Å². The molecule has 1 N–H and O–H groups in total. The van der Waals surface area contributed by atoms with Crippen LogP contribution in [0.25, 0.3) is 0 Å². The van der Waals surface area contributed by atoms with E-state index >= 15 is 0 Å². The third kappa shape index (κ3) is 4.34. The van der Waals surface area contributed by atoms with E-state index in [1.165, 1.54) is 0 Å². The van der Waals surface area contributed by atoms with E-state index in [-0.39, 0.29) is 29.8 Å². The molecule has 3 heterocycles. The predicted molar refractivity (Wildman–Crippen MR) is 95.6 cm³/mol. The normalized spacial score (nSPS) is 21.9. The Bertz CT molecular complexity index is 637. The van der Waals surface area contributed by atoms with E-state index in [9.17, 15) is 9.59 Å². The van der Waals surface area contributed by atoms with Crippen molar-refractivity contribution >= 4 is 11.9 Å². The second-order valence-electron chi connectivity index (χ2n) is 7.67. The first-order valence-corrected chi connectivity index (χ1v) is 9.58. The fourth-order valence-electron chi connectivity index (χ4n) is 3.72. The van der Waals surface area contributed by atoms with Gasteiger partial charge in [0.15, 0.2) is 5.82 Å². The number of hydrogen-bond donors (Lipinski definition) is 1. The molecule has 3 amide bonds. The Morgan fingerprint density at radius 1 is 1.15 bits per heavy atom. The third-order valence-corrected chi connectivity index (χ3v) is 5.23. The Kier molecular flexibility index (Phi) is 5.78. The standard InChI is InChI=1S/C18H29N5O3/c1-12(2)17(24)22-9-6-15(7-10-22)20-18(25)23-8-4-5-14(11-23)16-19-13(3)21-26-16/h12,14-15H,4-11H2,1-3H3,(H,20,25). The average Bonchev–Trinajstić information content (AvgIpc) is 3.08. The quantitative estimate of drug-likeness (QED) is 0.886. The third-order valence-electron chi connectivity index (χ3n) is 5.23. The van der Waals surface area contributed by atoms with Crippen LogP contribution in [0, 0.1) is 12.8 Å². The van der Waals surface area contributed by atoms with Gasteiger partial charge < -0.3 is 19.6 Å². The summed E-state index contributed by atoms with van der Waals surface area (Å²) in [7, 11) is 0. The van der Waals surface area contributed by atoms with E-state index in [4.69, 9.17) is 4.52 Å². The van der Waals surface area contributed by atoms with Gasteiger partial charge >= 0.3 is 6.03 Å². The Hall–Kier alpha value is -2.12. The number of likely N-dealkylation sites (tertiary alicyclic amines) is 2. The molecule has 0 saturated carbocycles. The number of carbonyl (C=O) groups excluding carboxylic acids is 2. The first-order chi connectivity index (χ1) is 12.4. The van der Waals surface area contributed by atoms with Gasteiger partial charge in [0.2, 0.25) is 11.8 Å². The molecule has 144 valence electrons. The first-order valence-electron chi connectivity index (χ1n) is 9.58. The Balaban J connectivity index is 1.48. The van der Waals surface area contributed by atoms with Crippen LogP contribution in [0.3, 0.4) is 0 Å². The highest BCUT2D eigenvalue weighted by Gasteiger charge is 2.30. The highest BCUT2D eigenvalue weighted by atomic mass is 16.5. The molecule has 1 aromatic rings. The summed E-state index contributed by atoms with van der Waals surface area (Å²) in [5.74, 6) is 1.59. The van der Waals surface area contributed by atoms with E-state index in [1.54, 1.807) is 6.92 Å². The van der Waals surface area contributed by atoms with Crippen LogP contribution in [0.5, 0.6) is 0 Å². The number of amides is 3. The lowest BCUT2D eigenvalue weighted by atomic mass is 9.98. The number of aryl methyl sites for hydroxylation is 1. The van der Waals surface area contributed by atoms with E-state index in [2.05, 4.69) is 15.5 Å². The topological polar surface area (TPSA) is 91.6 Å². The van der Waals surface area contributed by atoms with Crippen molar-refractivity contribution in [3.63, 3.8) is 0 Å². The second kappa shape index (κ2) is 8.05. The molecule has 8 heteroatoms. The van der Waals surface area contributed by atoms with Crippen LogP contribution in [-0.2, 0) is 4.79 Å². The molecule has 3 rings (SSSR count). The number of hydrogen-bond acceptors (Lipinski definition) is 5. The van der Waals surface area contributed by atoms with Gasteiger partial charge in [0.05, 0.1) is 5.92 Å². The highest BCUT2D eigenvalue weighted by molar-refractivity contribution is 5.78. The van der Waals surface area contributed by atoms with Crippen LogP contribution in [-0.4, -0.2) is 64.1 Å². The molecule has 0 aliphatic carbocycles.